The molecule has 0 aliphatic heterocycles. The van der Waals surface area contributed by atoms with Gasteiger partial charge in [-0.3, -0.25) is 4.79 Å². The van der Waals surface area contributed by atoms with E-state index in [2.05, 4.69) is 10.6 Å². The van der Waals surface area contributed by atoms with Crippen LogP contribution in [-0.4, -0.2) is 25.7 Å². The van der Waals surface area contributed by atoms with Gasteiger partial charge in [0.15, 0.2) is 0 Å². The first-order valence-corrected chi connectivity index (χ1v) is 5.01. The SMILES string of the molecule is CNC(=O)c1ccc(CNCC(F)(F)F)cc1. The number of amides is 1. The zero-order chi connectivity index (χ0) is 12.9. The van der Waals surface area contributed by atoms with Crippen molar-refractivity contribution in [1.82, 2.24) is 10.6 Å². The van der Waals surface area contributed by atoms with Gasteiger partial charge in [-0.2, -0.15) is 13.2 Å². The predicted octanol–water partition coefficient (Wildman–Crippen LogP) is 1.70. The van der Waals surface area contributed by atoms with E-state index >= 15 is 0 Å². The summed E-state index contributed by atoms with van der Waals surface area (Å²) in [6, 6.07) is 6.38. The third-order valence-corrected chi connectivity index (χ3v) is 2.10. The number of benzene rings is 1. The molecule has 0 radical (unpaired) electrons. The topological polar surface area (TPSA) is 41.1 Å². The number of halogens is 3. The van der Waals surface area contributed by atoms with E-state index in [4.69, 9.17) is 0 Å². The van der Waals surface area contributed by atoms with Crippen LogP contribution >= 0.6 is 0 Å². The van der Waals surface area contributed by atoms with Crippen LogP contribution in [0.1, 0.15) is 15.9 Å². The maximum absolute atomic E-state index is 11.9. The summed E-state index contributed by atoms with van der Waals surface area (Å²) in [7, 11) is 1.52. The Kier molecular flexibility index (Phi) is 4.51. The highest BCUT2D eigenvalue weighted by Gasteiger charge is 2.25. The zero-order valence-corrected chi connectivity index (χ0v) is 9.27. The van der Waals surface area contributed by atoms with Crippen molar-refractivity contribution < 1.29 is 18.0 Å². The van der Waals surface area contributed by atoms with Gasteiger partial charge in [-0.1, -0.05) is 12.1 Å². The molecule has 0 atom stereocenters. The molecule has 0 fully saturated rings. The molecular formula is C11H13F3N2O. The number of alkyl halides is 3. The maximum Gasteiger partial charge on any atom is 0.401 e. The predicted molar refractivity (Wildman–Crippen MR) is 57.6 cm³/mol. The van der Waals surface area contributed by atoms with Crippen molar-refractivity contribution in [3.05, 3.63) is 35.4 Å². The molecule has 17 heavy (non-hydrogen) atoms. The second kappa shape index (κ2) is 5.67. The van der Waals surface area contributed by atoms with Gasteiger partial charge in [-0.05, 0) is 17.7 Å². The summed E-state index contributed by atoms with van der Waals surface area (Å²) in [6.45, 7) is -0.905. The number of rotatable bonds is 4. The monoisotopic (exact) mass is 246 g/mol. The standard InChI is InChI=1S/C11H13F3N2O/c1-15-10(17)9-4-2-8(3-5-9)6-16-7-11(12,13)14/h2-5,16H,6-7H2,1H3,(H,15,17). The quantitative estimate of drug-likeness (QED) is 0.849. The highest BCUT2D eigenvalue weighted by atomic mass is 19.4. The largest absolute Gasteiger partial charge is 0.401 e. The van der Waals surface area contributed by atoms with Crippen molar-refractivity contribution in [2.75, 3.05) is 13.6 Å². The summed E-state index contributed by atoms with van der Waals surface area (Å²) >= 11 is 0. The summed E-state index contributed by atoms with van der Waals surface area (Å²) in [5, 5.41) is 4.74. The molecule has 2 N–H and O–H groups in total. The molecule has 0 bridgehead atoms. The van der Waals surface area contributed by atoms with Crippen LogP contribution in [0, 0.1) is 0 Å². The fraction of sp³-hybridized carbons (Fsp3) is 0.364. The summed E-state index contributed by atoms with van der Waals surface area (Å²) in [5.41, 5.74) is 1.17. The van der Waals surface area contributed by atoms with E-state index in [-0.39, 0.29) is 12.5 Å². The Morgan fingerprint density at radius 2 is 1.82 bits per heavy atom. The van der Waals surface area contributed by atoms with Crippen LogP contribution in [0.5, 0.6) is 0 Å². The van der Waals surface area contributed by atoms with Gasteiger partial charge >= 0.3 is 6.18 Å². The molecule has 6 heteroatoms. The first-order valence-electron chi connectivity index (χ1n) is 5.01. The molecule has 1 rings (SSSR count). The Bertz CT molecular complexity index is 373. The van der Waals surface area contributed by atoms with Gasteiger partial charge in [-0.25, -0.2) is 0 Å². The van der Waals surface area contributed by atoms with E-state index in [9.17, 15) is 18.0 Å². The molecule has 1 aromatic rings. The molecule has 94 valence electrons. The fourth-order valence-electron chi connectivity index (χ4n) is 1.27. The number of carbonyl (C=O) groups excluding carboxylic acids is 1. The second-order valence-corrected chi connectivity index (χ2v) is 3.49. The highest BCUT2D eigenvalue weighted by molar-refractivity contribution is 5.93. The lowest BCUT2D eigenvalue weighted by Crippen LogP contribution is -2.28. The molecule has 0 spiro atoms. The molecule has 1 aromatic carbocycles. The van der Waals surface area contributed by atoms with Crippen molar-refractivity contribution in [3.8, 4) is 0 Å². The highest BCUT2D eigenvalue weighted by Crippen LogP contribution is 2.12. The van der Waals surface area contributed by atoms with Crippen molar-refractivity contribution in [2.24, 2.45) is 0 Å². The summed E-state index contributed by atoms with van der Waals surface area (Å²) in [4.78, 5) is 11.2. The third kappa shape index (κ3) is 4.86. The smallest absolute Gasteiger partial charge is 0.355 e. The van der Waals surface area contributed by atoms with Crippen LogP contribution in [0.4, 0.5) is 13.2 Å². The minimum atomic E-state index is -4.21. The molecule has 0 saturated heterocycles. The first kappa shape index (κ1) is 13.5. The minimum absolute atomic E-state index is 0.119. The van der Waals surface area contributed by atoms with Gasteiger partial charge in [0.05, 0.1) is 6.54 Å². The van der Waals surface area contributed by atoms with E-state index in [0.29, 0.717) is 11.1 Å². The average molecular weight is 246 g/mol. The van der Waals surface area contributed by atoms with Gasteiger partial charge < -0.3 is 10.6 Å². The number of nitrogens with one attached hydrogen (secondary N) is 2. The molecule has 3 nitrogen and oxygen atoms in total. The molecule has 0 aromatic heterocycles. The maximum atomic E-state index is 11.9. The molecule has 1 amide bonds. The minimum Gasteiger partial charge on any atom is -0.355 e. The fourth-order valence-corrected chi connectivity index (χ4v) is 1.27. The van der Waals surface area contributed by atoms with Gasteiger partial charge in [0.1, 0.15) is 0 Å². The van der Waals surface area contributed by atoms with Gasteiger partial charge in [0.2, 0.25) is 0 Å². The molecule has 0 aliphatic carbocycles. The van der Waals surface area contributed by atoms with Gasteiger partial charge in [0, 0.05) is 19.2 Å². The van der Waals surface area contributed by atoms with Crippen molar-refractivity contribution in [2.45, 2.75) is 12.7 Å². The van der Waals surface area contributed by atoms with Crippen LogP contribution in [0.25, 0.3) is 0 Å². The third-order valence-electron chi connectivity index (χ3n) is 2.10. The Labute approximate surface area is 97.0 Å². The summed E-state index contributed by atoms with van der Waals surface area (Å²) < 4.78 is 35.6. The van der Waals surface area contributed by atoms with E-state index in [1.54, 1.807) is 24.3 Å². The van der Waals surface area contributed by atoms with E-state index in [0.717, 1.165) is 0 Å². The molecular weight excluding hydrogens is 233 g/mol. The van der Waals surface area contributed by atoms with Crippen molar-refractivity contribution in [3.63, 3.8) is 0 Å². The molecule has 0 heterocycles. The lowest BCUT2D eigenvalue weighted by atomic mass is 10.1. The molecule has 0 unspecified atom stereocenters. The lowest BCUT2D eigenvalue weighted by Gasteiger charge is -2.08. The normalized spacial score (nSPS) is 11.3. The Morgan fingerprint density at radius 3 is 2.29 bits per heavy atom. The van der Waals surface area contributed by atoms with E-state index in [1.807, 2.05) is 0 Å². The Balaban J connectivity index is 2.49. The van der Waals surface area contributed by atoms with Gasteiger partial charge in [0.25, 0.3) is 5.91 Å². The van der Waals surface area contributed by atoms with Gasteiger partial charge in [-0.15, -0.1) is 0 Å². The average Bonchev–Trinajstić information content (AvgIpc) is 2.27. The Morgan fingerprint density at radius 1 is 1.24 bits per heavy atom. The first-order chi connectivity index (χ1) is 7.92. The second-order valence-electron chi connectivity index (χ2n) is 3.49. The summed E-state index contributed by atoms with van der Waals surface area (Å²) in [5.74, 6) is -0.222. The van der Waals surface area contributed by atoms with Crippen LogP contribution in [0.15, 0.2) is 24.3 Å². The molecule has 0 saturated carbocycles. The van der Waals surface area contributed by atoms with Crippen molar-refractivity contribution in [1.29, 1.82) is 0 Å². The van der Waals surface area contributed by atoms with Crippen LogP contribution < -0.4 is 10.6 Å². The van der Waals surface area contributed by atoms with E-state index < -0.39 is 12.7 Å². The number of hydrogen-bond acceptors (Lipinski definition) is 2. The van der Waals surface area contributed by atoms with Crippen LogP contribution in [0.3, 0.4) is 0 Å². The lowest BCUT2D eigenvalue weighted by molar-refractivity contribution is -0.125. The van der Waals surface area contributed by atoms with Crippen LogP contribution in [-0.2, 0) is 6.54 Å². The van der Waals surface area contributed by atoms with Crippen molar-refractivity contribution >= 4 is 5.91 Å². The number of carbonyl (C=O) groups is 1. The Hall–Kier alpha value is -1.56. The van der Waals surface area contributed by atoms with E-state index in [1.165, 1.54) is 7.05 Å². The number of hydrogen-bond donors (Lipinski definition) is 2. The molecule has 0 aliphatic rings. The van der Waals surface area contributed by atoms with Crippen LogP contribution in [0.2, 0.25) is 0 Å². The zero-order valence-electron chi connectivity index (χ0n) is 9.27. The summed E-state index contributed by atoms with van der Waals surface area (Å²) in [6.07, 6.45) is -4.21.